The highest BCUT2D eigenvalue weighted by Gasteiger charge is 2.29. The Bertz CT molecular complexity index is 1120. The standard InChI is InChI=1S/C21H20N2O4S2/c1-27-18-9-6-15(7-10-18)21(24)22-17-8-11-19-16(14-17)4-2-12-23(19)29(25,26)20-5-3-13-28-20/h3,5-11,13-14H,2,4,12H2,1H3,(H,22,24). The third-order valence-corrected chi connectivity index (χ3v) is 7.99. The van der Waals surface area contributed by atoms with Gasteiger partial charge in [0.2, 0.25) is 0 Å². The Kier molecular flexibility index (Phi) is 5.29. The van der Waals surface area contributed by atoms with Gasteiger partial charge in [-0.25, -0.2) is 8.42 Å². The Hall–Kier alpha value is -2.84. The number of sulfonamides is 1. The summed E-state index contributed by atoms with van der Waals surface area (Å²) in [5, 5.41) is 4.64. The predicted molar refractivity (Wildman–Crippen MR) is 115 cm³/mol. The van der Waals surface area contributed by atoms with E-state index in [9.17, 15) is 13.2 Å². The van der Waals surface area contributed by atoms with E-state index in [4.69, 9.17) is 4.74 Å². The predicted octanol–water partition coefficient (Wildman–Crippen LogP) is 4.15. The highest BCUT2D eigenvalue weighted by Crippen LogP contribution is 2.34. The number of amides is 1. The minimum atomic E-state index is -3.56. The van der Waals surface area contributed by atoms with Crippen molar-refractivity contribution in [1.82, 2.24) is 0 Å². The van der Waals surface area contributed by atoms with Crippen LogP contribution >= 0.6 is 11.3 Å². The molecule has 2 aromatic carbocycles. The lowest BCUT2D eigenvalue weighted by Gasteiger charge is -2.30. The second kappa shape index (κ2) is 7.88. The molecule has 0 saturated heterocycles. The van der Waals surface area contributed by atoms with Crippen molar-refractivity contribution in [2.24, 2.45) is 0 Å². The lowest BCUT2D eigenvalue weighted by molar-refractivity contribution is 0.102. The quantitative estimate of drug-likeness (QED) is 0.662. The Balaban J connectivity index is 1.57. The number of benzene rings is 2. The molecule has 1 amide bonds. The highest BCUT2D eigenvalue weighted by atomic mass is 32.2. The first kappa shape index (κ1) is 19.5. The lowest BCUT2D eigenvalue weighted by Crippen LogP contribution is -2.35. The number of anilines is 2. The second-order valence-corrected chi connectivity index (χ2v) is 9.68. The Morgan fingerprint density at radius 1 is 1.14 bits per heavy atom. The summed E-state index contributed by atoms with van der Waals surface area (Å²) < 4.78 is 32.8. The van der Waals surface area contributed by atoms with Crippen molar-refractivity contribution in [1.29, 1.82) is 0 Å². The van der Waals surface area contributed by atoms with Gasteiger partial charge in [0.25, 0.3) is 15.9 Å². The van der Waals surface area contributed by atoms with Crippen LogP contribution in [0.3, 0.4) is 0 Å². The van der Waals surface area contributed by atoms with Crippen molar-refractivity contribution < 1.29 is 17.9 Å². The zero-order chi connectivity index (χ0) is 20.4. The monoisotopic (exact) mass is 428 g/mol. The third kappa shape index (κ3) is 3.86. The number of carbonyl (C=O) groups is 1. The largest absolute Gasteiger partial charge is 0.497 e. The van der Waals surface area contributed by atoms with Crippen LogP contribution in [0, 0.1) is 0 Å². The van der Waals surface area contributed by atoms with E-state index in [2.05, 4.69) is 5.32 Å². The van der Waals surface area contributed by atoms with Crippen LogP contribution in [0.2, 0.25) is 0 Å². The molecule has 0 saturated carbocycles. The number of methoxy groups -OCH3 is 1. The second-order valence-electron chi connectivity index (χ2n) is 6.64. The highest BCUT2D eigenvalue weighted by molar-refractivity contribution is 7.94. The smallest absolute Gasteiger partial charge is 0.273 e. The van der Waals surface area contributed by atoms with Gasteiger partial charge in [-0.2, -0.15) is 0 Å². The van der Waals surface area contributed by atoms with Crippen molar-refractivity contribution in [3.63, 3.8) is 0 Å². The molecule has 4 rings (SSSR count). The fraction of sp³-hybridized carbons (Fsp3) is 0.190. The third-order valence-electron chi connectivity index (χ3n) is 4.81. The first-order valence-electron chi connectivity index (χ1n) is 9.13. The number of aryl methyl sites for hydroxylation is 1. The zero-order valence-corrected chi connectivity index (χ0v) is 17.4. The molecule has 0 spiro atoms. The number of thiophene rings is 1. The molecule has 0 fully saturated rings. The van der Waals surface area contributed by atoms with Gasteiger partial charge in [0, 0.05) is 17.8 Å². The zero-order valence-electron chi connectivity index (χ0n) is 15.8. The van der Waals surface area contributed by atoms with Crippen molar-refractivity contribution in [3.05, 3.63) is 71.1 Å². The molecule has 1 aliphatic rings. The van der Waals surface area contributed by atoms with Gasteiger partial charge in [-0.05, 0) is 72.3 Å². The Morgan fingerprint density at radius 3 is 2.62 bits per heavy atom. The molecule has 0 atom stereocenters. The molecule has 0 radical (unpaired) electrons. The van der Waals surface area contributed by atoms with Crippen LogP contribution in [-0.2, 0) is 16.4 Å². The van der Waals surface area contributed by atoms with E-state index >= 15 is 0 Å². The number of nitrogens with zero attached hydrogens (tertiary/aromatic N) is 1. The molecule has 8 heteroatoms. The SMILES string of the molecule is COc1ccc(C(=O)Nc2ccc3c(c2)CCCN3S(=O)(=O)c2cccs2)cc1. The number of hydrogen-bond acceptors (Lipinski definition) is 5. The minimum Gasteiger partial charge on any atom is -0.497 e. The molecule has 1 N–H and O–H groups in total. The number of fused-ring (bicyclic) bond motifs is 1. The number of carbonyl (C=O) groups excluding carboxylic acids is 1. The van der Waals surface area contributed by atoms with Gasteiger partial charge >= 0.3 is 0 Å². The van der Waals surface area contributed by atoms with Gasteiger partial charge in [0.15, 0.2) is 0 Å². The summed E-state index contributed by atoms with van der Waals surface area (Å²) in [6, 6.07) is 15.6. The van der Waals surface area contributed by atoms with Crippen LogP contribution < -0.4 is 14.4 Å². The average Bonchev–Trinajstić information content (AvgIpc) is 3.29. The summed E-state index contributed by atoms with van der Waals surface area (Å²) in [6.45, 7) is 0.449. The number of rotatable bonds is 5. The molecule has 0 bridgehead atoms. The summed E-state index contributed by atoms with van der Waals surface area (Å²) in [6.07, 6.45) is 1.49. The number of hydrogen-bond donors (Lipinski definition) is 1. The van der Waals surface area contributed by atoms with Gasteiger partial charge in [0.05, 0.1) is 12.8 Å². The molecular formula is C21H20N2O4S2. The molecule has 29 heavy (non-hydrogen) atoms. The van der Waals surface area contributed by atoms with Crippen molar-refractivity contribution in [2.45, 2.75) is 17.1 Å². The van der Waals surface area contributed by atoms with Crippen molar-refractivity contribution in [3.8, 4) is 5.75 Å². The molecule has 0 unspecified atom stereocenters. The molecule has 2 heterocycles. The number of ether oxygens (including phenoxy) is 1. The maximum atomic E-state index is 13.0. The van der Waals surface area contributed by atoms with E-state index in [-0.39, 0.29) is 5.91 Å². The van der Waals surface area contributed by atoms with Crippen LogP contribution in [-0.4, -0.2) is 28.0 Å². The van der Waals surface area contributed by atoms with Crippen LogP contribution in [0.1, 0.15) is 22.3 Å². The molecule has 1 aliphatic heterocycles. The lowest BCUT2D eigenvalue weighted by atomic mass is 10.0. The normalized spacial score (nSPS) is 13.6. The minimum absolute atomic E-state index is 0.230. The molecule has 6 nitrogen and oxygen atoms in total. The van der Waals surface area contributed by atoms with Crippen LogP contribution in [0.25, 0.3) is 0 Å². The first-order chi connectivity index (χ1) is 14.0. The fourth-order valence-electron chi connectivity index (χ4n) is 3.35. The van der Waals surface area contributed by atoms with Crippen molar-refractivity contribution >= 4 is 38.6 Å². The van der Waals surface area contributed by atoms with Gasteiger partial charge in [-0.15, -0.1) is 11.3 Å². The first-order valence-corrected chi connectivity index (χ1v) is 11.5. The maximum absolute atomic E-state index is 13.0. The summed E-state index contributed by atoms with van der Waals surface area (Å²) >= 11 is 1.21. The van der Waals surface area contributed by atoms with Crippen LogP contribution in [0.4, 0.5) is 11.4 Å². The topological polar surface area (TPSA) is 75.7 Å². The summed E-state index contributed by atoms with van der Waals surface area (Å²) in [4.78, 5) is 12.5. The molecule has 0 aliphatic carbocycles. The Labute approximate surface area is 173 Å². The molecule has 150 valence electrons. The molecule has 3 aromatic rings. The van der Waals surface area contributed by atoms with E-state index in [1.807, 2.05) is 6.07 Å². The van der Waals surface area contributed by atoms with E-state index < -0.39 is 10.0 Å². The van der Waals surface area contributed by atoms with E-state index in [1.165, 1.54) is 15.6 Å². The molecule has 1 aromatic heterocycles. The summed E-state index contributed by atoms with van der Waals surface area (Å²) in [5.41, 5.74) is 2.74. The van der Waals surface area contributed by atoms with E-state index in [1.54, 1.807) is 61.0 Å². The summed E-state index contributed by atoms with van der Waals surface area (Å²) in [5.74, 6) is 0.453. The van der Waals surface area contributed by atoms with E-state index in [0.717, 1.165) is 18.4 Å². The van der Waals surface area contributed by atoms with Gasteiger partial charge in [-0.1, -0.05) is 6.07 Å². The van der Waals surface area contributed by atoms with Gasteiger partial charge in [0.1, 0.15) is 9.96 Å². The van der Waals surface area contributed by atoms with Crippen molar-refractivity contribution in [2.75, 3.05) is 23.3 Å². The average molecular weight is 429 g/mol. The maximum Gasteiger partial charge on any atom is 0.273 e. The van der Waals surface area contributed by atoms with Gasteiger partial charge < -0.3 is 10.1 Å². The van der Waals surface area contributed by atoms with Crippen LogP contribution in [0.15, 0.2) is 64.2 Å². The van der Waals surface area contributed by atoms with Gasteiger partial charge in [-0.3, -0.25) is 9.10 Å². The van der Waals surface area contributed by atoms with Crippen LogP contribution in [0.5, 0.6) is 5.75 Å². The molecular weight excluding hydrogens is 408 g/mol. The fourth-order valence-corrected chi connectivity index (χ4v) is 6.00. The number of nitrogens with one attached hydrogen (secondary N) is 1. The Morgan fingerprint density at radius 2 is 1.93 bits per heavy atom. The van der Waals surface area contributed by atoms with E-state index in [0.29, 0.717) is 33.4 Å². The summed E-state index contributed by atoms with van der Waals surface area (Å²) in [7, 11) is -1.99.